The number of benzene rings is 1. The zero-order valence-electron chi connectivity index (χ0n) is 21.1. The van der Waals surface area contributed by atoms with Crippen molar-refractivity contribution in [2.45, 2.75) is 66.3 Å². The first-order valence-electron chi connectivity index (χ1n) is 11.5. The van der Waals surface area contributed by atoms with Crippen LogP contribution in [0.25, 0.3) is 0 Å². The number of ether oxygens (including phenoxy) is 3. The van der Waals surface area contributed by atoms with Crippen LogP contribution in [0.3, 0.4) is 0 Å². The number of nitrogens with zero attached hydrogens (tertiary/aromatic N) is 1. The van der Waals surface area contributed by atoms with Gasteiger partial charge in [-0.25, -0.2) is 9.18 Å². The number of allylic oxidation sites excluding steroid dienone is 3. The molecule has 0 spiro atoms. The number of carbonyl (C=O) groups is 1. The Morgan fingerprint density at radius 1 is 1.29 bits per heavy atom. The van der Waals surface area contributed by atoms with Crippen LogP contribution in [-0.2, 0) is 20.0 Å². The van der Waals surface area contributed by atoms with Crippen LogP contribution < -0.4 is 0 Å². The van der Waals surface area contributed by atoms with Gasteiger partial charge >= 0.3 is 6.09 Å². The van der Waals surface area contributed by atoms with Gasteiger partial charge in [-0.3, -0.25) is 0 Å². The van der Waals surface area contributed by atoms with Gasteiger partial charge in [0.05, 0.1) is 5.56 Å². The predicted octanol–water partition coefficient (Wildman–Crippen LogP) is 7.64. The fourth-order valence-electron chi connectivity index (χ4n) is 3.64. The van der Waals surface area contributed by atoms with Crippen molar-refractivity contribution in [3.8, 4) is 0 Å². The lowest BCUT2D eigenvalue weighted by Gasteiger charge is -2.30. The quantitative estimate of drug-likeness (QED) is 0.436. The van der Waals surface area contributed by atoms with Crippen molar-refractivity contribution in [3.05, 3.63) is 82.1 Å². The first-order valence-corrected chi connectivity index (χ1v) is 11.9. The summed E-state index contributed by atoms with van der Waals surface area (Å²) in [4.78, 5) is 14.0. The minimum atomic E-state index is -1.35. The molecule has 1 atom stereocenters. The van der Waals surface area contributed by atoms with Crippen molar-refractivity contribution in [1.82, 2.24) is 4.90 Å². The zero-order chi connectivity index (χ0) is 25.7. The van der Waals surface area contributed by atoms with Gasteiger partial charge in [0, 0.05) is 30.6 Å². The summed E-state index contributed by atoms with van der Waals surface area (Å²) in [6.45, 7) is 17.9. The molecule has 1 unspecified atom stereocenters. The Balaban J connectivity index is 0.00000199. The van der Waals surface area contributed by atoms with Crippen molar-refractivity contribution in [3.63, 3.8) is 0 Å². The Morgan fingerprint density at radius 2 is 1.97 bits per heavy atom. The Morgan fingerprint density at radius 3 is 2.47 bits per heavy atom. The van der Waals surface area contributed by atoms with Crippen molar-refractivity contribution < 1.29 is 23.4 Å². The van der Waals surface area contributed by atoms with E-state index in [0.29, 0.717) is 36.1 Å². The van der Waals surface area contributed by atoms with E-state index in [9.17, 15) is 9.18 Å². The molecule has 0 aliphatic carbocycles. The minimum Gasteiger partial charge on any atom is -0.445 e. The maximum Gasteiger partial charge on any atom is 0.410 e. The maximum absolute atomic E-state index is 14.6. The van der Waals surface area contributed by atoms with Crippen molar-refractivity contribution in [2.75, 3.05) is 13.1 Å². The molecule has 5 nitrogen and oxygen atoms in total. The average molecular weight is 492 g/mol. The topological polar surface area (TPSA) is 48.0 Å². The number of halogens is 2. The Hall–Kier alpha value is -2.73. The number of rotatable bonds is 3. The van der Waals surface area contributed by atoms with Gasteiger partial charge in [-0.2, -0.15) is 0 Å². The SMILES string of the molecule is C=C/C(C1=CCN(C(=O)OC(C)(C)C)CC1)=C1/OC(C)(c2ccc(Cl)cc2F)O/C1=C/C.CC. The van der Waals surface area contributed by atoms with E-state index in [-0.39, 0.29) is 11.7 Å². The maximum atomic E-state index is 14.6. The fourth-order valence-corrected chi connectivity index (χ4v) is 3.80. The molecule has 186 valence electrons. The first-order chi connectivity index (χ1) is 16.0. The highest BCUT2D eigenvalue weighted by atomic mass is 35.5. The van der Waals surface area contributed by atoms with Crippen LogP contribution in [-0.4, -0.2) is 29.7 Å². The molecule has 1 aromatic rings. The normalized spacial score (nSPS) is 22.7. The average Bonchev–Trinajstić information content (AvgIpc) is 3.12. The molecular weight excluding hydrogens is 457 g/mol. The van der Waals surface area contributed by atoms with E-state index in [1.54, 1.807) is 36.1 Å². The van der Waals surface area contributed by atoms with Gasteiger partial charge in [0.25, 0.3) is 5.79 Å². The third kappa shape index (κ3) is 6.23. The van der Waals surface area contributed by atoms with E-state index in [0.717, 1.165) is 11.1 Å². The summed E-state index contributed by atoms with van der Waals surface area (Å²) in [6, 6.07) is 4.38. The van der Waals surface area contributed by atoms with Gasteiger partial charge < -0.3 is 19.1 Å². The van der Waals surface area contributed by atoms with Gasteiger partial charge in [0.15, 0.2) is 11.5 Å². The molecule has 2 aliphatic rings. The Kier molecular flexibility index (Phi) is 9.01. The molecule has 0 N–H and O–H groups in total. The van der Waals surface area contributed by atoms with E-state index in [1.807, 2.05) is 47.6 Å². The number of carbonyl (C=O) groups excluding carboxylic acids is 1. The Bertz CT molecular complexity index is 1020. The number of hydrogen-bond donors (Lipinski definition) is 0. The van der Waals surface area contributed by atoms with Crippen LogP contribution >= 0.6 is 11.6 Å². The first kappa shape index (κ1) is 27.5. The van der Waals surface area contributed by atoms with Crippen LogP contribution in [0.4, 0.5) is 9.18 Å². The second kappa shape index (κ2) is 11.1. The molecule has 0 radical (unpaired) electrons. The summed E-state index contributed by atoms with van der Waals surface area (Å²) in [6.07, 6.45) is 5.67. The van der Waals surface area contributed by atoms with Crippen LogP contribution in [0.2, 0.25) is 5.02 Å². The van der Waals surface area contributed by atoms with Crippen LogP contribution in [0, 0.1) is 5.82 Å². The summed E-state index contributed by atoms with van der Waals surface area (Å²) < 4.78 is 32.3. The fraction of sp³-hybridized carbons (Fsp3) is 0.444. The highest BCUT2D eigenvalue weighted by Gasteiger charge is 2.44. The highest BCUT2D eigenvalue weighted by molar-refractivity contribution is 6.30. The second-order valence-corrected chi connectivity index (χ2v) is 9.22. The largest absolute Gasteiger partial charge is 0.445 e. The molecule has 1 fully saturated rings. The van der Waals surface area contributed by atoms with E-state index >= 15 is 0 Å². The lowest BCUT2D eigenvalue weighted by molar-refractivity contribution is -0.131. The monoisotopic (exact) mass is 491 g/mol. The molecule has 1 aromatic carbocycles. The van der Waals surface area contributed by atoms with Crippen LogP contribution in [0.15, 0.2) is 65.7 Å². The molecule has 0 saturated carbocycles. The van der Waals surface area contributed by atoms with Gasteiger partial charge in [0.2, 0.25) is 0 Å². The second-order valence-electron chi connectivity index (χ2n) is 8.78. The lowest BCUT2D eigenvalue weighted by atomic mass is 9.97. The highest BCUT2D eigenvalue weighted by Crippen LogP contribution is 2.45. The summed E-state index contributed by atoms with van der Waals surface area (Å²) in [5, 5.41) is 0.295. The number of hydrogen-bond acceptors (Lipinski definition) is 4. The third-order valence-electron chi connectivity index (χ3n) is 5.16. The third-order valence-corrected chi connectivity index (χ3v) is 5.40. The molecule has 3 rings (SSSR count). The summed E-state index contributed by atoms with van der Waals surface area (Å²) >= 11 is 5.90. The molecule has 1 saturated heterocycles. The van der Waals surface area contributed by atoms with Gasteiger partial charge in [-0.05, 0) is 64.0 Å². The van der Waals surface area contributed by atoms with E-state index < -0.39 is 17.2 Å². The lowest BCUT2D eigenvalue weighted by Crippen LogP contribution is -2.39. The van der Waals surface area contributed by atoms with Gasteiger partial charge in [-0.1, -0.05) is 44.2 Å². The molecular formula is C27H35ClFNO4. The van der Waals surface area contributed by atoms with Gasteiger partial charge in [-0.15, -0.1) is 0 Å². The van der Waals surface area contributed by atoms with E-state index in [2.05, 4.69) is 6.58 Å². The Labute approximate surface area is 207 Å². The van der Waals surface area contributed by atoms with Crippen LogP contribution in [0.5, 0.6) is 0 Å². The standard InChI is InChI=1S/C25H29ClFNO4.C2H6/c1-7-18(16-11-13-28(14-12-16)23(29)32-24(3,4)5)22-21(8-2)30-25(6,31-22)19-10-9-17(26)15-20(19)27;1-2/h7-11,15H,1,12-14H2,2-6H3;1-2H3/b21-8+,22-18-;. The van der Waals surface area contributed by atoms with Crippen molar-refractivity contribution in [1.29, 1.82) is 0 Å². The van der Waals surface area contributed by atoms with Crippen LogP contribution in [0.1, 0.15) is 60.5 Å². The van der Waals surface area contributed by atoms with Crippen molar-refractivity contribution >= 4 is 17.7 Å². The molecule has 2 aliphatic heterocycles. The molecule has 7 heteroatoms. The summed E-state index contributed by atoms with van der Waals surface area (Å²) in [7, 11) is 0. The molecule has 1 amide bonds. The molecule has 2 heterocycles. The molecule has 34 heavy (non-hydrogen) atoms. The molecule has 0 aromatic heterocycles. The minimum absolute atomic E-state index is 0.244. The zero-order valence-corrected chi connectivity index (χ0v) is 21.9. The smallest absolute Gasteiger partial charge is 0.410 e. The van der Waals surface area contributed by atoms with Crippen molar-refractivity contribution in [2.24, 2.45) is 0 Å². The summed E-state index contributed by atoms with van der Waals surface area (Å²) in [5.41, 5.74) is 1.42. The van der Waals surface area contributed by atoms with E-state index in [1.165, 1.54) is 6.07 Å². The number of amides is 1. The van der Waals surface area contributed by atoms with E-state index in [4.69, 9.17) is 25.8 Å². The predicted molar refractivity (Wildman–Crippen MR) is 134 cm³/mol. The summed E-state index contributed by atoms with van der Waals surface area (Å²) in [5.74, 6) is -0.886. The van der Waals surface area contributed by atoms with Gasteiger partial charge in [0.1, 0.15) is 11.4 Å². The molecule has 0 bridgehead atoms.